The summed E-state index contributed by atoms with van der Waals surface area (Å²) in [4.78, 5) is 7.80. The maximum Gasteiger partial charge on any atom is 0.434 e. The van der Waals surface area contributed by atoms with Crippen LogP contribution in [0.5, 0.6) is 11.6 Å². The van der Waals surface area contributed by atoms with Gasteiger partial charge in [-0.2, -0.15) is 13.2 Å². The second-order valence-corrected chi connectivity index (χ2v) is 6.69. The number of pyridine rings is 1. The number of alkyl halides is 3. The van der Waals surface area contributed by atoms with Gasteiger partial charge in [-0.25, -0.2) is 9.97 Å². The number of hydrogen-bond donors (Lipinski definition) is 1. The summed E-state index contributed by atoms with van der Waals surface area (Å²) in [5, 5.41) is 3.89. The second kappa shape index (κ2) is 7.01. The summed E-state index contributed by atoms with van der Waals surface area (Å²) >= 11 is 4.12. The highest BCUT2D eigenvalue weighted by atomic mass is 79.9. The minimum absolute atomic E-state index is 0.103. The third-order valence-electron chi connectivity index (χ3n) is 3.16. The van der Waals surface area contributed by atoms with Gasteiger partial charge in [-0.1, -0.05) is 18.2 Å². The summed E-state index contributed by atoms with van der Waals surface area (Å²) in [7, 11) is 0. The normalized spacial score (nSPS) is 11.4. The van der Waals surface area contributed by atoms with Crippen molar-refractivity contribution < 1.29 is 17.9 Å². The number of aryl methyl sites for hydroxylation is 1. The predicted octanol–water partition coefficient (Wildman–Crippen LogP) is 6.16. The lowest BCUT2D eigenvalue weighted by Gasteiger charge is -2.12. The molecule has 0 spiro atoms. The number of benzene rings is 1. The van der Waals surface area contributed by atoms with Crippen molar-refractivity contribution in [2.75, 3.05) is 5.32 Å². The molecule has 1 N–H and O–H groups in total. The first-order valence-corrected chi connectivity index (χ1v) is 8.70. The monoisotopic (exact) mass is 429 g/mol. The van der Waals surface area contributed by atoms with Crippen LogP contribution in [0.15, 0.2) is 46.4 Å². The average molecular weight is 430 g/mol. The average Bonchev–Trinajstić information content (AvgIpc) is 3.01. The molecule has 0 saturated carbocycles. The number of hydrogen-bond acceptors (Lipinski definition) is 5. The molecule has 0 amide bonds. The molecule has 130 valence electrons. The van der Waals surface area contributed by atoms with Crippen LogP contribution in [-0.2, 0) is 6.18 Å². The zero-order chi connectivity index (χ0) is 18.0. The number of nitrogens with one attached hydrogen (secondary N) is 1. The lowest BCUT2D eigenvalue weighted by atomic mass is 10.2. The summed E-state index contributed by atoms with van der Waals surface area (Å²) in [6.45, 7) is 1.89. The van der Waals surface area contributed by atoms with Crippen LogP contribution in [0.4, 0.5) is 24.0 Å². The van der Waals surface area contributed by atoms with Gasteiger partial charge in [-0.15, -0.1) is 11.3 Å². The Kier molecular flexibility index (Phi) is 4.96. The number of ether oxygens (including phenoxy) is 1. The SMILES string of the molecule is Cc1ccccc1Oc1nc(Br)ccc1Nc1nc(C(F)(F)F)cs1. The van der Waals surface area contributed by atoms with E-state index < -0.39 is 11.9 Å². The molecule has 0 aliphatic rings. The van der Waals surface area contributed by atoms with E-state index >= 15 is 0 Å². The van der Waals surface area contributed by atoms with Crippen LogP contribution in [0.1, 0.15) is 11.3 Å². The number of anilines is 2. The fourth-order valence-corrected chi connectivity index (χ4v) is 2.97. The Morgan fingerprint density at radius 1 is 1.12 bits per heavy atom. The number of rotatable bonds is 4. The maximum atomic E-state index is 12.7. The molecule has 1 aromatic carbocycles. The van der Waals surface area contributed by atoms with E-state index in [1.165, 1.54) is 0 Å². The third-order valence-corrected chi connectivity index (χ3v) is 4.36. The Balaban J connectivity index is 1.89. The number of halogens is 4. The van der Waals surface area contributed by atoms with Crippen LogP contribution in [0.2, 0.25) is 0 Å². The molecule has 0 radical (unpaired) electrons. The first-order chi connectivity index (χ1) is 11.8. The van der Waals surface area contributed by atoms with Crippen molar-refractivity contribution >= 4 is 38.1 Å². The number of aromatic nitrogens is 2. The first-order valence-electron chi connectivity index (χ1n) is 7.03. The highest BCUT2D eigenvalue weighted by molar-refractivity contribution is 9.10. The molecule has 0 aliphatic carbocycles. The summed E-state index contributed by atoms with van der Waals surface area (Å²) in [5.74, 6) is 0.832. The van der Waals surface area contributed by atoms with E-state index in [0.29, 0.717) is 16.0 Å². The molecule has 3 aromatic rings. The predicted molar refractivity (Wildman–Crippen MR) is 93.6 cm³/mol. The second-order valence-electron chi connectivity index (χ2n) is 5.01. The van der Waals surface area contributed by atoms with Crippen LogP contribution >= 0.6 is 27.3 Å². The Morgan fingerprint density at radius 3 is 2.56 bits per heavy atom. The molecule has 0 aliphatic heterocycles. The van der Waals surface area contributed by atoms with Gasteiger partial charge < -0.3 is 10.1 Å². The minimum atomic E-state index is -4.48. The minimum Gasteiger partial charge on any atom is -0.437 e. The standard InChI is InChI=1S/C16H11BrF3N3OS/c1-9-4-2-3-5-11(9)24-14-10(6-7-13(17)23-14)21-15-22-12(8-25-15)16(18,19)20/h2-8H,1H3,(H,21,22). The number of para-hydroxylation sites is 1. The lowest BCUT2D eigenvalue weighted by Crippen LogP contribution is -2.05. The quantitative estimate of drug-likeness (QED) is 0.504. The molecule has 2 aromatic heterocycles. The Labute approximate surface area is 153 Å². The van der Waals surface area contributed by atoms with Gasteiger partial charge in [0.1, 0.15) is 16.0 Å². The Hall–Kier alpha value is -2.13. The van der Waals surface area contributed by atoms with Crippen molar-refractivity contribution in [2.24, 2.45) is 0 Å². The van der Waals surface area contributed by atoms with Crippen molar-refractivity contribution in [1.82, 2.24) is 9.97 Å². The van der Waals surface area contributed by atoms with Crippen LogP contribution in [0.25, 0.3) is 0 Å². The van der Waals surface area contributed by atoms with Gasteiger partial charge in [0, 0.05) is 5.38 Å². The molecule has 2 heterocycles. The molecule has 25 heavy (non-hydrogen) atoms. The van der Waals surface area contributed by atoms with Gasteiger partial charge in [-0.05, 0) is 46.6 Å². The summed E-state index contributed by atoms with van der Waals surface area (Å²) in [6, 6.07) is 10.7. The van der Waals surface area contributed by atoms with Crippen LogP contribution < -0.4 is 10.1 Å². The summed E-state index contributed by atoms with van der Waals surface area (Å²) in [6.07, 6.45) is -4.48. The molecule has 4 nitrogen and oxygen atoms in total. The van der Waals surface area contributed by atoms with Gasteiger partial charge in [0.15, 0.2) is 10.8 Å². The van der Waals surface area contributed by atoms with E-state index in [1.807, 2.05) is 25.1 Å². The van der Waals surface area contributed by atoms with Crippen LogP contribution in [0, 0.1) is 6.92 Å². The first kappa shape index (κ1) is 17.7. The van der Waals surface area contributed by atoms with Gasteiger partial charge in [0.2, 0.25) is 5.88 Å². The van der Waals surface area contributed by atoms with Crippen molar-refractivity contribution in [3.05, 3.63) is 57.6 Å². The smallest absolute Gasteiger partial charge is 0.434 e. The van der Waals surface area contributed by atoms with E-state index in [-0.39, 0.29) is 11.0 Å². The van der Waals surface area contributed by atoms with Gasteiger partial charge in [0.05, 0.1) is 0 Å². The zero-order valence-corrected chi connectivity index (χ0v) is 15.2. The van der Waals surface area contributed by atoms with E-state index in [2.05, 4.69) is 31.2 Å². The fourth-order valence-electron chi connectivity index (χ4n) is 1.94. The number of thiazole rings is 1. The topological polar surface area (TPSA) is 47.0 Å². The molecular formula is C16H11BrF3N3OS. The van der Waals surface area contributed by atoms with Gasteiger partial charge >= 0.3 is 6.18 Å². The van der Waals surface area contributed by atoms with E-state index in [0.717, 1.165) is 22.3 Å². The van der Waals surface area contributed by atoms with Crippen LogP contribution in [0.3, 0.4) is 0 Å². The largest absolute Gasteiger partial charge is 0.437 e. The van der Waals surface area contributed by atoms with Crippen molar-refractivity contribution in [2.45, 2.75) is 13.1 Å². The molecule has 0 bridgehead atoms. The van der Waals surface area contributed by atoms with Gasteiger partial charge in [-0.3, -0.25) is 0 Å². The summed E-state index contributed by atoms with van der Waals surface area (Å²) < 4.78 is 44.4. The zero-order valence-electron chi connectivity index (χ0n) is 12.8. The highest BCUT2D eigenvalue weighted by Crippen LogP contribution is 2.36. The molecular weight excluding hydrogens is 419 g/mol. The lowest BCUT2D eigenvalue weighted by molar-refractivity contribution is -0.140. The van der Waals surface area contributed by atoms with Crippen molar-refractivity contribution in [3.8, 4) is 11.6 Å². The maximum absolute atomic E-state index is 12.7. The van der Waals surface area contributed by atoms with E-state index in [4.69, 9.17) is 4.74 Å². The van der Waals surface area contributed by atoms with Gasteiger partial charge in [0.25, 0.3) is 0 Å². The molecule has 0 atom stereocenters. The molecule has 9 heteroatoms. The molecule has 0 fully saturated rings. The summed E-state index contributed by atoms with van der Waals surface area (Å²) in [5.41, 5.74) is 0.379. The number of nitrogens with zero attached hydrogens (tertiary/aromatic N) is 2. The van der Waals surface area contributed by atoms with Crippen LogP contribution in [-0.4, -0.2) is 9.97 Å². The Bertz CT molecular complexity index is 898. The van der Waals surface area contributed by atoms with E-state index in [9.17, 15) is 13.2 Å². The molecule has 3 rings (SSSR count). The third kappa shape index (κ3) is 4.29. The van der Waals surface area contributed by atoms with Crippen molar-refractivity contribution in [3.63, 3.8) is 0 Å². The Morgan fingerprint density at radius 2 is 1.88 bits per heavy atom. The van der Waals surface area contributed by atoms with Crippen molar-refractivity contribution in [1.29, 1.82) is 0 Å². The molecule has 0 unspecified atom stereocenters. The highest BCUT2D eigenvalue weighted by Gasteiger charge is 2.33. The molecule has 0 saturated heterocycles. The van der Waals surface area contributed by atoms with E-state index in [1.54, 1.807) is 18.2 Å². The fraction of sp³-hybridized carbons (Fsp3) is 0.125.